The lowest BCUT2D eigenvalue weighted by Gasteiger charge is -2.18. The molecule has 8 aromatic rings. The number of rotatable bonds is 4. The van der Waals surface area contributed by atoms with Gasteiger partial charge < -0.3 is 0 Å². The predicted octanol–water partition coefficient (Wildman–Crippen LogP) is 10.6. The van der Waals surface area contributed by atoms with Crippen LogP contribution in [0.4, 0.5) is 0 Å². The van der Waals surface area contributed by atoms with E-state index in [0.717, 1.165) is 22.4 Å². The molecule has 2 heterocycles. The second-order valence-electron chi connectivity index (χ2n) is 10.7. The molecule has 2 aromatic heterocycles. The van der Waals surface area contributed by atoms with E-state index in [4.69, 9.17) is 0 Å². The Kier molecular flexibility index (Phi) is 5.82. The first-order chi connectivity index (χ1) is 20.8. The van der Waals surface area contributed by atoms with Crippen LogP contribution < -0.4 is 0 Å². The Morgan fingerprint density at radius 1 is 0.357 bits per heavy atom. The van der Waals surface area contributed by atoms with Crippen molar-refractivity contribution in [2.24, 2.45) is 0 Å². The van der Waals surface area contributed by atoms with E-state index in [1.807, 2.05) is 36.8 Å². The fourth-order valence-corrected chi connectivity index (χ4v) is 6.21. The molecule has 8 rings (SSSR count). The number of benzene rings is 6. The van der Waals surface area contributed by atoms with Crippen molar-refractivity contribution in [2.45, 2.75) is 0 Å². The van der Waals surface area contributed by atoms with Crippen molar-refractivity contribution in [1.82, 2.24) is 9.97 Å². The number of fused-ring (bicyclic) bond motifs is 3. The molecule has 0 saturated carbocycles. The van der Waals surface area contributed by atoms with Gasteiger partial charge in [-0.15, -0.1) is 0 Å². The van der Waals surface area contributed by atoms with E-state index >= 15 is 0 Å². The molecule has 0 aliphatic carbocycles. The largest absolute Gasteiger partial charge is 0.263 e. The van der Waals surface area contributed by atoms with E-state index in [2.05, 4.69) is 131 Å². The topological polar surface area (TPSA) is 25.8 Å². The van der Waals surface area contributed by atoms with Gasteiger partial charge in [0.15, 0.2) is 0 Å². The number of hydrogen-bond donors (Lipinski definition) is 0. The van der Waals surface area contributed by atoms with Crippen LogP contribution in [0.1, 0.15) is 0 Å². The summed E-state index contributed by atoms with van der Waals surface area (Å²) in [6, 6.07) is 50.0. The summed E-state index contributed by atoms with van der Waals surface area (Å²) >= 11 is 0. The van der Waals surface area contributed by atoms with Crippen molar-refractivity contribution < 1.29 is 0 Å². The fraction of sp³-hybridized carbons (Fsp3) is 0. The van der Waals surface area contributed by atoms with E-state index < -0.39 is 0 Å². The summed E-state index contributed by atoms with van der Waals surface area (Å²) in [4.78, 5) is 9.02. The highest BCUT2D eigenvalue weighted by Crippen LogP contribution is 2.44. The zero-order valence-electron chi connectivity index (χ0n) is 22.9. The molecular weight excluding hydrogens is 508 g/mol. The SMILES string of the molecule is c1ccc(-c2c3ccccc3c(-c3ccc4cc(-c5cncc(-c6ccccn6)c5)ccc4c3)c3ccccc23)cc1. The third-order valence-electron chi connectivity index (χ3n) is 8.16. The summed E-state index contributed by atoms with van der Waals surface area (Å²) in [6.45, 7) is 0. The Morgan fingerprint density at radius 2 is 0.905 bits per heavy atom. The Labute approximate surface area is 244 Å². The summed E-state index contributed by atoms with van der Waals surface area (Å²) in [7, 11) is 0. The molecule has 6 aromatic carbocycles. The molecule has 0 amide bonds. The van der Waals surface area contributed by atoms with Crippen molar-refractivity contribution in [3.63, 3.8) is 0 Å². The zero-order chi connectivity index (χ0) is 27.9. The molecule has 196 valence electrons. The van der Waals surface area contributed by atoms with Crippen molar-refractivity contribution in [3.8, 4) is 44.6 Å². The molecule has 0 aliphatic heterocycles. The van der Waals surface area contributed by atoms with Gasteiger partial charge in [-0.25, -0.2) is 0 Å². The fourth-order valence-electron chi connectivity index (χ4n) is 6.21. The van der Waals surface area contributed by atoms with Crippen LogP contribution in [0.25, 0.3) is 77.0 Å². The lowest BCUT2D eigenvalue weighted by Crippen LogP contribution is -1.91. The lowest BCUT2D eigenvalue weighted by molar-refractivity contribution is 1.28. The molecule has 0 saturated heterocycles. The maximum atomic E-state index is 4.52. The van der Waals surface area contributed by atoms with Gasteiger partial charge in [0.2, 0.25) is 0 Å². The van der Waals surface area contributed by atoms with Gasteiger partial charge in [0.1, 0.15) is 0 Å². The van der Waals surface area contributed by atoms with Gasteiger partial charge >= 0.3 is 0 Å². The molecule has 0 aliphatic rings. The van der Waals surface area contributed by atoms with E-state index in [0.29, 0.717) is 0 Å². The van der Waals surface area contributed by atoms with E-state index in [9.17, 15) is 0 Å². The smallest absolute Gasteiger partial charge is 0.0717 e. The molecule has 2 heteroatoms. The Morgan fingerprint density at radius 3 is 1.55 bits per heavy atom. The van der Waals surface area contributed by atoms with Crippen LogP contribution >= 0.6 is 0 Å². The van der Waals surface area contributed by atoms with Crippen LogP contribution in [-0.4, -0.2) is 9.97 Å². The highest BCUT2D eigenvalue weighted by molar-refractivity contribution is 6.21. The second kappa shape index (κ2) is 10.1. The van der Waals surface area contributed by atoms with E-state index in [-0.39, 0.29) is 0 Å². The molecule has 0 fully saturated rings. The average Bonchev–Trinajstić information content (AvgIpc) is 3.07. The number of hydrogen-bond acceptors (Lipinski definition) is 2. The molecule has 0 bridgehead atoms. The van der Waals surface area contributed by atoms with Crippen LogP contribution in [0.2, 0.25) is 0 Å². The van der Waals surface area contributed by atoms with Crippen molar-refractivity contribution >= 4 is 32.3 Å². The van der Waals surface area contributed by atoms with Gasteiger partial charge in [0.25, 0.3) is 0 Å². The first kappa shape index (κ1) is 24.2. The second-order valence-corrected chi connectivity index (χ2v) is 10.7. The zero-order valence-corrected chi connectivity index (χ0v) is 22.9. The molecule has 0 N–H and O–H groups in total. The summed E-state index contributed by atoms with van der Waals surface area (Å²) in [5, 5.41) is 7.49. The van der Waals surface area contributed by atoms with Crippen LogP contribution in [0, 0.1) is 0 Å². The molecule has 2 nitrogen and oxygen atoms in total. The van der Waals surface area contributed by atoms with Crippen LogP contribution in [0.15, 0.2) is 158 Å². The summed E-state index contributed by atoms with van der Waals surface area (Å²) < 4.78 is 0. The summed E-state index contributed by atoms with van der Waals surface area (Å²) in [5.74, 6) is 0. The number of pyridine rings is 2. The van der Waals surface area contributed by atoms with Gasteiger partial charge in [-0.05, 0) is 90.5 Å². The maximum absolute atomic E-state index is 4.52. The maximum Gasteiger partial charge on any atom is 0.0717 e. The van der Waals surface area contributed by atoms with Crippen molar-refractivity contribution in [1.29, 1.82) is 0 Å². The monoisotopic (exact) mass is 534 g/mol. The molecule has 0 radical (unpaired) electrons. The predicted molar refractivity (Wildman–Crippen MR) is 176 cm³/mol. The van der Waals surface area contributed by atoms with Crippen molar-refractivity contribution in [2.75, 3.05) is 0 Å². The first-order valence-corrected chi connectivity index (χ1v) is 14.2. The lowest BCUT2D eigenvalue weighted by atomic mass is 9.85. The van der Waals surface area contributed by atoms with Gasteiger partial charge in [-0.1, -0.05) is 109 Å². The highest BCUT2D eigenvalue weighted by Gasteiger charge is 2.16. The van der Waals surface area contributed by atoms with Gasteiger partial charge in [0, 0.05) is 29.7 Å². The molecule has 0 unspecified atom stereocenters. The molecule has 0 atom stereocenters. The van der Waals surface area contributed by atoms with Gasteiger partial charge in [-0.3, -0.25) is 9.97 Å². The summed E-state index contributed by atoms with van der Waals surface area (Å²) in [5.41, 5.74) is 9.19. The van der Waals surface area contributed by atoms with Gasteiger partial charge in [0.05, 0.1) is 5.69 Å². The van der Waals surface area contributed by atoms with Crippen LogP contribution in [0.5, 0.6) is 0 Å². The van der Waals surface area contributed by atoms with Crippen molar-refractivity contribution in [3.05, 3.63) is 158 Å². The van der Waals surface area contributed by atoms with E-state index in [1.165, 1.54) is 54.6 Å². The minimum atomic E-state index is 0.926. The van der Waals surface area contributed by atoms with Gasteiger partial charge in [-0.2, -0.15) is 0 Å². The molecule has 0 spiro atoms. The summed E-state index contributed by atoms with van der Waals surface area (Å²) in [6.07, 6.45) is 5.61. The standard InChI is InChI=1S/C40H26N2/c1-2-10-27(11-3-1)39-34-12-4-6-14-36(34)40(37-15-7-5-13-35(37)39)31-20-19-28-22-30(18-17-29(28)23-31)32-24-33(26-41-25-32)38-16-8-9-21-42-38/h1-26H. The molecular formula is C40H26N2. The molecule has 42 heavy (non-hydrogen) atoms. The average molecular weight is 535 g/mol. The minimum Gasteiger partial charge on any atom is -0.263 e. The Balaban J connectivity index is 1.28. The first-order valence-electron chi connectivity index (χ1n) is 14.2. The Bertz CT molecular complexity index is 2180. The third kappa shape index (κ3) is 4.13. The van der Waals surface area contributed by atoms with Crippen LogP contribution in [-0.2, 0) is 0 Å². The minimum absolute atomic E-state index is 0.926. The van der Waals surface area contributed by atoms with E-state index in [1.54, 1.807) is 0 Å². The quantitative estimate of drug-likeness (QED) is 0.210. The Hall–Kier alpha value is -5.60. The third-order valence-corrected chi connectivity index (χ3v) is 8.16. The highest BCUT2D eigenvalue weighted by atomic mass is 14.7. The van der Waals surface area contributed by atoms with Crippen LogP contribution in [0.3, 0.4) is 0 Å². The number of nitrogens with zero attached hydrogens (tertiary/aromatic N) is 2. The number of aromatic nitrogens is 2. The normalized spacial score (nSPS) is 11.3.